The van der Waals surface area contributed by atoms with E-state index in [2.05, 4.69) is 22.4 Å². The van der Waals surface area contributed by atoms with Gasteiger partial charge >= 0.3 is 6.03 Å². The van der Waals surface area contributed by atoms with Crippen molar-refractivity contribution in [3.8, 4) is 0 Å². The second kappa shape index (κ2) is 8.29. The SMILES string of the molecule is CC1CCC2(CC1)NC(=O)N(NC(=O)CCNS(=O)(=O)c1ccc(Cl)cc1)C2=O. The number of urea groups is 1. The van der Waals surface area contributed by atoms with Crippen LogP contribution in [0, 0.1) is 5.92 Å². The molecular formula is C18H23ClN4O5S. The fourth-order valence-corrected chi connectivity index (χ4v) is 4.65. The van der Waals surface area contributed by atoms with Crippen molar-refractivity contribution in [1.29, 1.82) is 0 Å². The summed E-state index contributed by atoms with van der Waals surface area (Å²) in [6.07, 6.45) is 2.46. The van der Waals surface area contributed by atoms with E-state index in [1.165, 1.54) is 24.3 Å². The van der Waals surface area contributed by atoms with Crippen LogP contribution in [0.15, 0.2) is 29.2 Å². The minimum Gasteiger partial charge on any atom is -0.322 e. The zero-order valence-corrected chi connectivity index (χ0v) is 17.5. The van der Waals surface area contributed by atoms with Gasteiger partial charge in [-0.2, -0.15) is 5.01 Å². The van der Waals surface area contributed by atoms with Crippen LogP contribution in [0.2, 0.25) is 5.02 Å². The van der Waals surface area contributed by atoms with Gasteiger partial charge < -0.3 is 5.32 Å². The van der Waals surface area contributed by atoms with Gasteiger partial charge in [0.05, 0.1) is 4.90 Å². The molecule has 11 heteroatoms. The lowest BCUT2D eigenvalue weighted by Gasteiger charge is -2.33. The maximum Gasteiger partial charge on any atom is 0.344 e. The van der Waals surface area contributed by atoms with Crippen molar-refractivity contribution >= 4 is 39.5 Å². The number of carbonyl (C=O) groups is 3. The highest BCUT2D eigenvalue weighted by Gasteiger charge is 2.52. The lowest BCUT2D eigenvalue weighted by molar-refractivity contribution is -0.140. The third-order valence-electron chi connectivity index (χ3n) is 5.29. The summed E-state index contributed by atoms with van der Waals surface area (Å²) in [5.41, 5.74) is 1.32. The zero-order chi connectivity index (χ0) is 21.2. The molecule has 2 aliphatic rings. The van der Waals surface area contributed by atoms with E-state index in [1.54, 1.807) is 0 Å². The molecule has 9 nitrogen and oxygen atoms in total. The van der Waals surface area contributed by atoms with Crippen LogP contribution >= 0.6 is 11.6 Å². The lowest BCUT2D eigenvalue weighted by atomic mass is 9.77. The first-order valence-electron chi connectivity index (χ1n) is 9.34. The number of nitrogens with one attached hydrogen (secondary N) is 3. The number of hydrogen-bond acceptors (Lipinski definition) is 5. The van der Waals surface area contributed by atoms with Crippen LogP contribution < -0.4 is 15.5 Å². The minimum atomic E-state index is -3.80. The number of amides is 4. The second-order valence-corrected chi connectivity index (χ2v) is 9.68. The van der Waals surface area contributed by atoms with Crippen LogP contribution in [-0.4, -0.2) is 43.4 Å². The van der Waals surface area contributed by atoms with Crippen LogP contribution in [0.25, 0.3) is 0 Å². The number of rotatable bonds is 6. The van der Waals surface area contributed by atoms with Crippen molar-refractivity contribution in [1.82, 2.24) is 20.5 Å². The number of hydrazine groups is 1. The van der Waals surface area contributed by atoms with Crippen LogP contribution in [-0.2, 0) is 19.6 Å². The molecular weight excluding hydrogens is 420 g/mol. The first-order chi connectivity index (χ1) is 13.6. The van der Waals surface area contributed by atoms with Crippen molar-refractivity contribution in [3.05, 3.63) is 29.3 Å². The maximum atomic E-state index is 12.7. The summed E-state index contributed by atoms with van der Waals surface area (Å²) in [6, 6.07) is 4.93. The first-order valence-corrected chi connectivity index (χ1v) is 11.2. The average Bonchev–Trinajstić information content (AvgIpc) is 2.89. The Kier molecular flexibility index (Phi) is 6.16. The number of benzene rings is 1. The van der Waals surface area contributed by atoms with Crippen molar-refractivity contribution in [2.45, 2.75) is 49.5 Å². The summed E-state index contributed by atoms with van der Waals surface area (Å²) in [7, 11) is -3.80. The van der Waals surface area contributed by atoms with E-state index in [0.29, 0.717) is 28.8 Å². The summed E-state index contributed by atoms with van der Waals surface area (Å²) in [6.45, 7) is 1.90. The van der Waals surface area contributed by atoms with Crippen LogP contribution in [0.3, 0.4) is 0 Å². The molecule has 1 saturated carbocycles. The molecule has 1 aliphatic heterocycles. The summed E-state index contributed by atoms with van der Waals surface area (Å²) >= 11 is 5.74. The van der Waals surface area contributed by atoms with Gasteiger partial charge in [-0.05, 0) is 55.9 Å². The number of hydrogen-bond donors (Lipinski definition) is 3. The molecule has 0 radical (unpaired) electrons. The lowest BCUT2D eigenvalue weighted by Crippen LogP contribution is -2.51. The molecule has 1 aromatic carbocycles. The van der Waals surface area contributed by atoms with Gasteiger partial charge in [-0.1, -0.05) is 18.5 Å². The molecule has 4 amide bonds. The van der Waals surface area contributed by atoms with E-state index in [0.717, 1.165) is 12.8 Å². The third-order valence-corrected chi connectivity index (χ3v) is 7.02. The topological polar surface area (TPSA) is 125 Å². The van der Waals surface area contributed by atoms with Gasteiger partial charge in [0.1, 0.15) is 5.54 Å². The van der Waals surface area contributed by atoms with Crippen LogP contribution in [0.1, 0.15) is 39.0 Å². The molecule has 2 fully saturated rings. The zero-order valence-electron chi connectivity index (χ0n) is 15.9. The van der Waals surface area contributed by atoms with E-state index < -0.39 is 33.4 Å². The van der Waals surface area contributed by atoms with E-state index in [1.807, 2.05) is 0 Å². The Balaban J connectivity index is 1.52. The standard InChI is InChI=1S/C18H23ClN4O5S/c1-12-6-9-18(10-7-12)16(25)23(17(26)21-18)22-15(24)8-11-20-29(27,28)14-4-2-13(19)3-5-14/h2-5,12,20H,6-11H2,1H3,(H,21,26)(H,22,24). The summed E-state index contributed by atoms with van der Waals surface area (Å²) in [5.74, 6) is -0.624. The van der Waals surface area contributed by atoms with Crippen LogP contribution in [0.4, 0.5) is 4.79 Å². The van der Waals surface area contributed by atoms with E-state index in [9.17, 15) is 22.8 Å². The second-order valence-electron chi connectivity index (χ2n) is 7.47. The van der Waals surface area contributed by atoms with E-state index in [-0.39, 0.29) is 17.9 Å². The predicted octanol–water partition coefficient (Wildman–Crippen LogP) is 1.54. The number of imide groups is 1. The van der Waals surface area contributed by atoms with Crippen molar-refractivity contribution in [3.63, 3.8) is 0 Å². The highest BCUT2D eigenvalue weighted by molar-refractivity contribution is 7.89. The van der Waals surface area contributed by atoms with Gasteiger partial charge in [0.15, 0.2) is 0 Å². The monoisotopic (exact) mass is 442 g/mol. The van der Waals surface area contributed by atoms with Crippen LogP contribution in [0.5, 0.6) is 0 Å². The molecule has 1 aromatic rings. The molecule has 1 aliphatic carbocycles. The Labute approximate surface area is 174 Å². The predicted molar refractivity (Wildman–Crippen MR) is 105 cm³/mol. The van der Waals surface area contributed by atoms with Gasteiger partial charge in [0, 0.05) is 18.0 Å². The molecule has 1 saturated heterocycles. The normalized spacial score (nSPS) is 24.6. The number of sulfonamides is 1. The number of halogens is 1. The number of carbonyl (C=O) groups excluding carboxylic acids is 3. The van der Waals surface area contributed by atoms with E-state index in [4.69, 9.17) is 11.6 Å². The Morgan fingerprint density at radius 1 is 1.24 bits per heavy atom. The maximum absolute atomic E-state index is 12.7. The summed E-state index contributed by atoms with van der Waals surface area (Å²) in [4.78, 5) is 37.0. The summed E-state index contributed by atoms with van der Waals surface area (Å²) < 4.78 is 26.7. The van der Waals surface area contributed by atoms with Crippen molar-refractivity contribution in [2.75, 3.05) is 6.54 Å². The average molecular weight is 443 g/mol. The molecule has 29 heavy (non-hydrogen) atoms. The molecule has 158 valence electrons. The molecule has 0 unspecified atom stereocenters. The molecule has 3 N–H and O–H groups in total. The van der Waals surface area contributed by atoms with E-state index >= 15 is 0 Å². The first kappa shape index (κ1) is 21.5. The molecule has 0 bridgehead atoms. The Bertz CT molecular complexity index is 911. The van der Waals surface area contributed by atoms with Crippen molar-refractivity contribution in [2.24, 2.45) is 5.92 Å². The Hall–Kier alpha value is -2.17. The fourth-order valence-electron chi connectivity index (χ4n) is 3.49. The highest BCUT2D eigenvalue weighted by Crippen LogP contribution is 2.35. The molecule has 1 spiro atoms. The Morgan fingerprint density at radius 3 is 2.48 bits per heavy atom. The smallest absolute Gasteiger partial charge is 0.322 e. The molecule has 0 aromatic heterocycles. The third kappa shape index (κ3) is 4.71. The van der Waals surface area contributed by atoms with Gasteiger partial charge in [0.2, 0.25) is 15.9 Å². The van der Waals surface area contributed by atoms with Gasteiger partial charge in [-0.15, -0.1) is 0 Å². The molecule has 0 atom stereocenters. The summed E-state index contributed by atoms with van der Waals surface area (Å²) in [5, 5.41) is 3.81. The van der Waals surface area contributed by atoms with Gasteiger partial charge in [-0.3, -0.25) is 15.0 Å². The fraction of sp³-hybridized carbons (Fsp3) is 0.500. The minimum absolute atomic E-state index is 0.0184. The Morgan fingerprint density at radius 2 is 1.86 bits per heavy atom. The number of nitrogens with zero attached hydrogens (tertiary/aromatic N) is 1. The van der Waals surface area contributed by atoms with Gasteiger partial charge in [0.25, 0.3) is 5.91 Å². The van der Waals surface area contributed by atoms with Crippen molar-refractivity contribution < 1.29 is 22.8 Å². The van der Waals surface area contributed by atoms with Gasteiger partial charge in [-0.25, -0.2) is 17.9 Å². The highest BCUT2D eigenvalue weighted by atomic mass is 35.5. The largest absolute Gasteiger partial charge is 0.344 e. The molecule has 1 heterocycles. The molecule has 3 rings (SSSR count). The quantitative estimate of drug-likeness (QED) is 0.576.